The molecule has 0 fully saturated rings. The van der Waals surface area contributed by atoms with E-state index in [9.17, 15) is 9.18 Å². The number of rotatable bonds is 6. The molecule has 0 spiro atoms. The Morgan fingerprint density at radius 2 is 1.85 bits per heavy atom. The maximum Gasteiger partial charge on any atom is 0.318 e. The summed E-state index contributed by atoms with van der Waals surface area (Å²) in [6.07, 6.45) is 0. The second kappa shape index (κ2) is 8.14. The van der Waals surface area contributed by atoms with Crippen molar-refractivity contribution in [1.29, 1.82) is 0 Å². The molecule has 0 aliphatic rings. The summed E-state index contributed by atoms with van der Waals surface area (Å²) in [5, 5.41) is 8.70. The minimum atomic E-state index is -0.417. The zero-order valence-corrected chi connectivity index (χ0v) is 15.2. The molecule has 1 heterocycles. The van der Waals surface area contributed by atoms with Gasteiger partial charge in [0.2, 0.25) is 0 Å². The van der Waals surface area contributed by atoms with Crippen molar-refractivity contribution in [3.05, 3.63) is 66.0 Å². The smallest absolute Gasteiger partial charge is 0.318 e. The van der Waals surface area contributed by atoms with Gasteiger partial charge in [0.05, 0.1) is 13.7 Å². The monoisotopic (exact) mass is 371 g/mol. The van der Waals surface area contributed by atoms with Crippen molar-refractivity contribution in [2.45, 2.75) is 23.9 Å². The number of nitrogens with zero attached hydrogens (tertiary/aromatic N) is 3. The first-order valence-electron chi connectivity index (χ1n) is 8.06. The highest BCUT2D eigenvalue weighted by atomic mass is 32.2. The van der Waals surface area contributed by atoms with E-state index < -0.39 is 5.25 Å². The quantitative estimate of drug-likeness (QED) is 0.487. The summed E-state index contributed by atoms with van der Waals surface area (Å²) >= 11 is 1.28. The lowest BCUT2D eigenvalue weighted by molar-refractivity contribution is -0.139. The summed E-state index contributed by atoms with van der Waals surface area (Å²) in [5.74, 6) is -0.0159. The largest absolute Gasteiger partial charge is 0.468 e. The molecule has 0 amide bonds. The number of hydrogen-bond donors (Lipinski definition) is 0. The Bertz CT molecular complexity index is 882. The summed E-state index contributed by atoms with van der Waals surface area (Å²) in [4.78, 5) is 11.8. The number of ether oxygens (including phenoxy) is 1. The second-order valence-electron chi connectivity index (χ2n) is 5.67. The molecule has 0 saturated carbocycles. The number of aromatic nitrogens is 3. The third kappa shape index (κ3) is 4.11. The molecule has 26 heavy (non-hydrogen) atoms. The average Bonchev–Trinajstić information content (AvgIpc) is 3.04. The minimum Gasteiger partial charge on any atom is -0.468 e. The Hall–Kier alpha value is -2.67. The molecule has 5 nitrogen and oxygen atoms in total. The molecule has 0 bridgehead atoms. The third-order valence-corrected chi connectivity index (χ3v) is 4.88. The van der Waals surface area contributed by atoms with Gasteiger partial charge < -0.3 is 4.74 Å². The predicted octanol–water partition coefficient (Wildman–Crippen LogP) is 3.79. The van der Waals surface area contributed by atoms with E-state index in [0.717, 1.165) is 11.1 Å². The van der Waals surface area contributed by atoms with Crippen molar-refractivity contribution in [3.63, 3.8) is 0 Å². The van der Waals surface area contributed by atoms with Crippen LogP contribution in [0, 0.1) is 5.82 Å². The SMILES string of the molecule is COC(=O)[C@H](C)Sc1nnc(-c2ccc(F)cc2)n1Cc1ccccc1. The number of halogens is 1. The highest BCUT2D eigenvalue weighted by Gasteiger charge is 2.21. The molecule has 1 atom stereocenters. The number of benzene rings is 2. The molecule has 134 valence electrons. The van der Waals surface area contributed by atoms with E-state index in [-0.39, 0.29) is 11.8 Å². The molecule has 0 aliphatic carbocycles. The predicted molar refractivity (Wildman–Crippen MR) is 98.3 cm³/mol. The van der Waals surface area contributed by atoms with Gasteiger partial charge >= 0.3 is 5.97 Å². The van der Waals surface area contributed by atoms with Gasteiger partial charge in [-0.3, -0.25) is 9.36 Å². The molecule has 3 rings (SSSR count). The van der Waals surface area contributed by atoms with Crippen LogP contribution in [0.1, 0.15) is 12.5 Å². The lowest BCUT2D eigenvalue weighted by Crippen LogP contribution is -2.16. The van der Waals surface area contributed by atoms with Crippen molar-refractivity contribution >= 4 is 17.7 Å². The van der Waals surface area contributed by atoms with Crippen LogP contribution in [-0.4, -0.2) is 33.1 Å². The molecule has 0 radical (unpaired) electrons. The van der Waals surface area contributed by atoms with Gasteiger partial charge in [-0.25, -0.2) is 4.39 Å². The van der Waals surface area contributed by atoms with Crippen molar-refractivity contribution in [3.8, 4) is 11.4 Å². The third-order valence-electron chi connectivity index (χ3n) is 3.82. The van der Waals surface area contributed by atoms with Gasteiger partial charge in [-0.2, -0.15) is 0 Å². The zero-order chi connectivity index (χ0) is 18.5. The van der Waals surface area contributed by atoms with Crippen LogP contribution in [-0.2, 0) is 16.1 Å². The fourth-order valence-corrected chi connectivity index (χ4v) is 3.34. The van der Waals surface area contributed by atoms with Gasteiger partial charge in [0.25, 0.3) is 0 Å². The number of esters is 1. The van der Waals surface area contributed by atoms with Crippen molar-refractivity contribution in [2.75, 3.05) is 7.11 Å². The lowest BCUT2D eigenvalue weighted by Gasteiger charge is -2.12. The standard InChI is InChI=1S/C19H18FN3O2S/c1-13(18(24)25-2)26-19-22-21-17(15-8-10-16(20)11-9-15)23(19)12-14-6-4-3-5-7-14/h3-11,13H,12H2,1-2H3/t13-/m0/s1. The van der Waals surface area contributed by atoms with Crippen LogP contribution >= 0.6 is 11.8 Å². The van der Waals surface area contributed by atoms with E-state index in [1.165, 1.54) is 31.0 Å². The fraction of sp³-hybridized carbons (Fsp3) is 0.211. The van der Waals surface area contributed by atoms with E-state index >= 15 is 0 Å². The van der Waals surface area contributed by atoms with Gasteiger partial charge in [-0.1, -0.05) is 42.1 Å². The van der Waals surface area contributed by atoms with E-state index in [4.69, 9.17) is 4.74 Å². The summed E-state index contributed by atoms with van der Waals surface area (Å²) in [5.41, 5.74) is 1.83. The molecule has 1 aromatic heterocycles. The van der Waals surface area contributed by atoms with E-state index in [1.807, 2.05) is 34.9 Å². The number of thioether (sulfide) groups is 1. The second-order valence-corrected chi connectivity index (χ2v) is 6.98. The van der Waals surface area contributed by atoms with Crippen LogP contribution in [0.15, 0.2) is 59.8 Å². The van der Waals surface area contributed by atoms with Gasteiger partial charge in [0, 0.05) is 5.56 Å². The van der Waals surface area contributed by atoms with Crippen molar-refractivity contribution in [1.82, 2.24) is 14.8 Å². The zero-order valence-electron chi connectivity index (χ0n) is 14.4. The maximum absolute atomic E-state index is 13.3. The Balaban J connectivity index is 1.98. The van der Waals surface area contributed by atoms with Crippen LogP contribution in [0.5, 0.6) is 0 Å². The summed E-state index contributed by atoms with van der Waals surface area (Å²) in [6, 6.07) is 16.0. The molecular formula is C19H18FN3O2S. The van der Waals surface area contributed by atoms with Crippen LogP contribution in [0.25, 0.3) is 11.4 Å². The molecule has 2 aromatic carbocycles. The number of carbonyl (C=O) groups is 1. The maximum atomic E-state index is 13.3. The molecule has 0 unspecified atom stereocenters. The minimum absolute atomic E-state index is 0.309. The first kappa shape index (κ1) is 18.1. The Labute approximate surface area is 155 Å². The molecule has 0 N–H and O–H groups in total. The van der Waals surface area contributed by atoms with E-state index in [1.54, 1.807) is 19.1 Å². The van der Waals surface area contributed by atoms with Gasteiger partial charge in [0.15, 0.2) is 11.0 Å². The molecule has 0 aliphatic heterocycles. The van der Waals surface area contributed by atoms with Crippen molar-refractivity contribution in [2.24, 2.45) is 0 Å². The van der Waals surface area contributed by atoms with Crippen LogP contribution in [0.4, 0.5) is 4.39 Å². The van der Waals surface area contributed by atoms with E-state index in [0.29, 0.717) is 17.5 Å². The van der Waals surface area contributed by atoms with E-state index in [2.05, 4.69) is 10.2 Å². The Kier molecular flexibility index (Phi) is 5.68. The van der Waals surface area contributed by atoms with Crippen LogP contribution in [0.3, 0.4) is 0 Å². The summed E-state index contributed by atoms with van der Waals surface area (Å²) < 4.78 is 20.0. The van der Waals surface area contributed by atoms with Gasteiger partial charge in [-0.05, 0) is 36.8 Å². The first-order chi connectivity index (χ1) is 12.6. The Morgan fingerprint density at radius 1 is 1.15 bits per heavy atom. The highest BCUT2D eigenvalue weighted by molar-refractivity contribution is 8.00. The fourth-order valence-electron chi connectivity index (χ4n) is 2.47. The molecular weight excluding hydrogens is 353 g/mol. The topological polar surface area (TPSA) is 57.0 Å². The number of methoxy groups -OCH3 is 1. The van der Waals surface area contributed by atoms with Gasteiger partial charge in [-0.15, -0.1) is 10.2 Å². The summed E-state index contributed by atoms with van der Waals surface area (Å²) in [7, 11) is 1.36. The average molecular weight is 371 g/mol. The lowest BCUT2D eigenvalue weighted by atomic mass is 10.2. The first-order valence-corrected chi connectivity index (χ1v) is 8.94. The van der Waals surface area contributed by atoms with Crippen LogP contribution in [0.2, 0.25) is 0 Å². The number of carbonyl (C=O) groups excluding carboxylic acids is 1. The van der Waals surface area contributed by atoms with Gasteiger partial charge in [0.1, 0.15) is 11.1 Å². The molecule has 3 aromatic rings. The molecule has 0 saturated heterocycles. The normalized spacial score (nSPS) is 12.0. The van der Waals surface area contributed by atoms with Crippen molar-refractivity contribution < 1.29 is 13.9 Å². The molecule has 7 heteroatoms. The highest BCUT2D eigenvalue weighted by Crippen LogP contribution is 2.28. The number of hydrogen-bond acceptors (Lipinski definition) is 5. The summed E-state index contributed by atoms with van der Waals surface area (Å²) in [6.45, 7) is 2.30. The van der Waals surface area contributed by atoms with Crippen LogP contribution < -0.4 is 0 Å². The Morgan fingerprint density at radius 3 is 2.50 bits per heavy atom.